The highest BCUT2D eigenvalue weighted by Crippen LogP contribution is 2.24. The van der Waals surface area contributed by atoms with Crippen LogP contribution in [0.1, 0.15) is 27.2 Å². The largest absolute Gasteiger partial charge is 0.270 e. The highest BCUT2D eigenvalue weighted by atomic mass is 35.5. The van der Waals surface area contributed by atoms with Crippen molar-refractivity contribution >= 4 is 27.5 Å². The van der Waals surface area contributed by atoms with Gasteiger partial charge < -0.3 is 0 Å². The normalized spacial score (nSPS) is 11.4. The number of carbonyl (C=O) groups is 1. The number of halogens is 1. The van der Waals surface area contributed by atoms with Crippen LogP contribution in [-0.4, -0.2) is 24.1 Å². The van der Waals surface area contributed by atoms with Crippen molar-refractivity contribution in [3.63, 3.8) is 0 Å². The summed E-state index contributed by atoms with van der Waals surface area (Å²) in [6.45, 7) is 5.40. The van der Waals surface area contributed by atoms with Crippen molar-refractivity contribution in [3.8, 4) is 5.69 Å². The molecule has 6 nitrogen and oxygen atoms in total. The van der Waals surface area contributed by atoms with Crippen LogP contribution in [0.3, 0.4) is 0 Å². The molecule has 0 aliphatic carbocycles. The van der Waals surface area contributed by atoms with E-state index >= 15 is 0 Å². The molecule has 27 heavy (non-hydrogen) atoms. The van der Waals surface area contributed by atoms with Crippen LogP contribution in [0.25, 0.3) is 5.69 Å². The molecule has 0 saturated carbocycles. The number of hydrogen-bond acceptors (Lipinski definition) is 4. The zero-order valence-corrected chi connectivity index (χ0v) is 16.6. The fourth-order valence-corrected chi connectivity index (χ4v) is 3.88. The number of carbonyl (C=O) groups excluding carboxylic acids is 1. The molecule has 1 aromatic heterocycles. The van der Waals surface area contributed by atoms with Gasteiger partial charge in [0.05, 0.1) is 16.3 Å². The Morgan fingerprint density at radius 3 is 2.04 bits per heavy atom. The van der Waals surface area contributed by atoms with Crippen LogP contribution in [-0.2, 0) is 10.0 Å². The number of aromatic nitrogens is 2. The smallest absolute Gasteiger partial charge is 0.268 e. The van der Waals surface area contributed by atoms with Crippen molar-refractivity contribution in [2.45, 2.75) is 25.7 Å². The molecule has 3 rings (SSSR count). The number of sulfonamides is 1. The third-order valence-corrected chi connectivity index (χ3v) is 5.76. The molecule has 0 fully saturated rings. The lowest BCUT2D eigenvalue weighted by molar-refractivity contribution is 0.0981. The van der Waals surface area contributed by atoms with E-state index in [-0.39, 0.29) is 15.6 Å². The van der Waals surface area contributed by atoms with E-state index in [2.05, 4.69) is 9.82 Å². The topological polar surface area (TPSA) is 81.1 Å². The minimum atomic E-state index is -4.01. The van der Waals surface area contributed by atoms with Crippen LogP contribution in [0.15, 0.2) is 53.4 Å². The molecule has 1 heterocycles. The van der Waals surface area contributed by atoms with E-state index in [9.17, 15) is 13.2 Å². The highest BCUT2D eigenvalue weighted by molar-refractivity contribution is 7.90. The van der Waals surface area contributed by atoms with Gasteiger partial charge in [0.2, 0.25) is 0 Å². The number of nitrogens with zero attached hydrogens (tertiary/aromatic N) is 2. The summed E-state index contributed by atoms with van der Waals surface area (Å²) >= 11 is 6.34. The van der Waals surface area contributed by atoms with E-state index < -0.39 is 15.9 Å². The first-order valence-corrected chi connectivity index (χ1v) is 10.0. The van der Waals surface area contributed by atoms with Crippen molar-refractivity contribution < 1.29 is 13.2 Å². The van der Waals surface area contributed by atoms with Gasteiger partial charge in [-0.15, -0.1) is 0 Å². The van der Waals surface area contributed by atoms with E-state index in [0.29, 0.717) is 11.4 Å². The molecule has 140 valence electrons. The number of hydrogen-bond donors (Lipinski definition) is 1. The van der Waals surface area contributed by atoms with Gasteiger partial charge in [-0.05, 0) is 45.0 Å². The van der Waals surface area contributed by atoms with E-state index in [1.54, 1.807) is 19.1 Å². The molecule has 1 amide bonds. The maximum atomic E-state index is 12.6. The lowest BCUT2D eigenvalue weighted by Crippen LogP contribution is -2.31. The van der Waals surface area contributed by atoms with Gasteiger partial charge in [0.15, 0.2) is 0 Å². The quantitative estimate of drug-likeness (QED) is 0.722. The highest BCUT2D eigenvalue weighted by Gasteiger charge is 2.25. The first-order chi connectivity index (χ1) is 12.7. The van der Waals surface area contributed by atoms with Crippen molar-refractivity contribution in [2.24, 2.45) is 0 Å². The fourth-order valence-electron chi connectivity index (χ4n) is 2.56. The Morgan fingerprint density at radius 1 is 0.963 bits per heavy atom. The van der Waals surface area contributed by atoms with E-state index in [0.717, 1.165) is 11.1 Å². The Labute approximate surface area is 162 Å². The molecule has 1 N–H and O–H groups in total. The molecular weight excluding hydrogens is 386 g/mol. The molecule has 0 unspecified atom stereocenters. The van der Waals surface area contributed by atoms with Gasteiger partial charge in [-0.25, -0.2) is 17.8 Å². The van der Waals surface area contributed by atoms with E-state index in [4.69, 9.17) is 11.6 Å². The minimum Gasteiger partial charge on any atom is -0.268 e. The summed E-state index contributed by atoms with van der Waals surface area (Å²) in [5.74, 6) is -0.823. The number of rotatable bonds is 4. The summed E-state index contributed by atoms with van der Waals surface area (Å²) in [7, 11) is -4.01. The Balaban J connectivity index is 1.93. The molecule has 0 saturated heterocycles. The predicted molar refractivity (Wildman–Crippen MR) is 104 cm³/mol. The Bertz CT molecular complexity index is 1100. The number of amides is 1. The second-order valence-electron chi connectivity index (χ2n) is 6.25. The van der Waals surface area contributed by atoms with Crippen LogP contribution >= 0.6 is 11.6 Å². The molecule has 0 aliphatic rings. The van der Waals surface area contributed by atoms with Gasteiger partial charge in [0, 0.05) is 0 Å². The molecule has 8 heteroatoms. The van der Waals surface area contributed by atoms with Crippen LogP contribution in [0.5, 0.6) is 0 Å². The molecule has 0 atom stereocenters. The monoisotopic (exact) mass is 403 g/mol. The molecule has 3 aromatic rings. The van der Waals surface area contributed by atoms with Gasteiger partial charge in [0.1, 0.15) is 10.7 Å². The second-order valence-corrected chi connectivity index (χ2v) is 8.29. The summed E-state index contributed by atoms with van der Waals surface area (Å²) in [5, 5.41) is 4.32. The summed E-state index contributed by atoms with van der Waals surface area (Å²) in [4.78, 5) is 12.6. The molecule has 0 radical (unpaired) electrons. The third kappa shape index (κ3) is 3.89. The van der Waals surface area contributed by atoms with Crippen molar-refractivity contribution in [2.75, 3.05) is 0 Å². The molecular formula is C19H18ClN3O3S. The first kappa shape index (κ1) is 19.1. The molecule has 0 spiro atoms. The zero-order chi connectivity index (χ0) is 19.8. The molecule has 2 aromatic carbocycles. The average Bonchev–Trinajstić information content (AvgIpc) is 2.90. The zero-order valence-electron chi connectivity index (χ0n) is 15.0. The van der Waals surface area contributed by atoms with Crippen LogP contribution in [0.4, 0.5) is 0 Å². The average molecular weight is 404 g/mol. The SMILES string of the molecule is Cc1ccc(-n2nc(C)c(C(=O)NS(=O)(=O)c3ccc(C)cc3)c2Cl)cc1. The summed E-state index contributed by atoms with van der Waals surface area (Å²) in [6.07, 6.45) is 0. The standard InChI is InChI=1S/C19H18ClN3O3S/c1-12-4-8-15(9-5-12)23-18(20)17(14(3)21-23)19(24)22-27(25,26)16-10-6-13(2)7-11-16/h4-11H,1-3H3,(H,22,24). The Hall–Kier alpha value is -2.64. The Morgan fingerprint density at radius 2 is 1.48 bits per heavy atom. The summed E-state index contributed by atoms with van der Waals surface area (Å²) in [5.41, 5.74) is 3.01. The summed E-state index contributed by atoms with van der Waals surface area (Å²) < 4.78 is 28.4. The number of nitrogens with one attached hydrogen (secondary N) is 1. The lowest BCUT2D eigenvalue weighted by atomic mass is 10.2. The van der Waals surface area contributed by atoms with E-state index in [1.165, 1.54) is 16.8 Å². The Kier molecular flexibility index (Phi) is 5.08. The van der Waals surface area contributed by atoms with Gasteiger partial charge in [0.25, 0.3) is 15.9 Å². The van der Waals surface area contributed by atoms with Gasteiger partial charge in [-0.2, -0.15) is 5.10 Å². The maximum Gasteiger partial charge on any atom is 0.270 e. The van der Waals surface area contributed by atoms with Crippen molar-refractivity contribution in [3.05, 3.63) is 76.1 Å². The maximum absolute atomic E-state index is 12.6. The summed E-state index contributed by atoms with van der Waals surface area (Å²) in [6, 6.07) is 13.6. The fraction of sp³-hybridized carbons (Fsp3) is 0.158. The van der Waals surface area contributed by atoms with Crippen LogP contribution < -0.4 is 4.72 Å². The second kappa shape index (κ2) is 7.17. The van der Waals surface area contributed by atoms with Gasteiger partial charge in [-0.1, -0.05) is 47.0 Å². The predicted octanol–water partition coefficient (Wildman–Crippen LogP) is 3.57. The molecule has 0 bridgehead atoms. The lowest BCUT2D eigenvalue weighted by Gasteiger charge is -2.07. The van der Waals surface area contributed by atoms with Crippen molar-refractivity contribution in [1.29, 1.82) is 0 Å². The van der Waals surface area contributed by atoms with Crippen molar-refractivity contribution in [1.82, 2.24) is 14.5 Å². The number of aryl methyl sites for hydroxylation is 3. The first-order valence-electron chi connectivity index (χ1n) is 8.15. The minimum absolute atomic E-state index is 0.00107. The van der Waals surface area contributed by atoms with Gasteiger partial charge in [-0.3, -0.25) is 4.79 Å². The molecule has 0 aliphatic heterocycles. The number of benzene rings is 2. The van der Waals surface area contributed by atoms with Gasteiger partial charge >= 0.3 is 0 Å². The van der Waals surface area contributed by atoms with Crippen LogP contribution in [0, 0.1) is 20.8 Å². The third-order valence-electron chi connectivity index (χ3n) is 4.07. The van der Waals surface area contributed by atoms with E-state index in [1.807, 2.05) is 38.1 Å². The van der Waals surface area contributed by atoms with Crippen LogP contribution in [0.2, 0.25) is 5.15 Å².